The minimum Gasteiger partial charge on any atom is -0.389 e. The van der Waals surface area contributed by atoms with Gasteiger partial charge in [0.25, 0.3) is 0 Å². The molecule has 0 aliphatic rings. The maximum atomic E-state index is 8.63. The Morgan fingerprint density at radius 2 is 2.50 bits per heavy atom. The Bertz CT molecular complexity index is 391. The maximum absolute atomic E-state index is 8.63. The van der Waals surface area contributed by atoms with Crippen molar-refractivity contribution in [1.29, 1.82) is 5.26 Å². The van der Waals surface area contributed by atoms with Crippen LogP contribution < -0.4 is 11.1 Å². The highest BCUT2D eigenvalue weighted by Gasteiger charge is 1.97. The number of nitrogens with one attached hydrogen (secondary N) is 1. The fourth-order valence-electron chi connectivity index (χ4n) is 0.762. The third-order valence-electron chi connectivity index (χ3n) is 1.43. The van der Waals surface area contributed by atoms with Crippen molar-refractivity contribution >= 4 is 22.9 Å². The van der Waals surface area contributed by atoms with Crippen LogP contribution in [0.3, 0.4) is 0 Å². The predicted octanol–water partition coefficient (Wildman–Crippen LogP) is 1.19. The first-order chi connectivity index (χ1) is 6.74. The van der Waals surface area contributed by atoms with Crippen molar-refractivity contribution in [2.24, 2.45) is 5.73 Å². The van der Waals surface area contributed by atoms with E-state index in [2.05, 4.69) is 22.5 Å². The molecule has 70 valence electrons. The van der Waals surface area contributed by atoms with Gasteiger partial charge in [-0.05, 0) is 12.1 Å². The molecular formula is C9H8N4S. The SMILES string of the molecule is N#C/C(=C/Nc1cccnc1)C(N)=S. The molecule has 0 aliphatic heterocycles. The number of anilines is 1. The quantitative estimate of drug-likeness (QED) is 0.439. The summed E-state index contributed by atoms with van der Waals surface area (Å²) in [5.41, 5.74) is 6.31. The molecule has 0 radical (unpaired) electrons. The molecule has 1 aromatic heterocycles. The molecule has 0 saturated heterocycles. The molecule has 0 unspecified atom stereocenters. The van der Waals surface area contributed by atoms with E-state index in [1.54, 1.807) is 18.5 Å². The number of thiocarbonyl (C=S) groups is 1. The van der Waals surface area contributed by atoms with Crippen LogP contribution >= 0.6 is 12.2 Å². The van der Waals surface area contributed by atoms with E-state index in [-0.39, 0.29) is 10.6 Å². The first-order valence-electron chi connectivity index (χ1n) is 3.80. The van der Waals surface area contributed by atoms with Crippen LogP contribution in [-0.4, -0.2) is 9.97 Å². The van der Waals surface area contributed by atoms with Crippen molar-refractivity contribution in [2.45, 2.75) is 0 Å². The lowest BCUT2D eigenvalue weighted by Crippen LogP contribution is -2.11. The normalized spacial score (nSPS) is 10.4. The monoisotopic (exact) mass is 204 g/mol. The van der Waals surface area contributed by atoms with Crippen LogP contribution in [0.4, 0.5) is 5.69 Å². The third kappa shape index (κ3) is 2.84. The lowest BCUT2D eigenvalue weighted by molar-refractivity contribution is 1.32. The lowest BCUT2D eigenvalue weighted by Gasteiger charge is -1.99. The summed E-state index contributed by atoms with van der Waals surface area (Å²) < 4.78 is 0. The highest BCUT2D eigenvalue weighted by Crippen LogP contribution is 2.03. The largest absolute Gasteiger partial charge is 0.389 e. The van der Waals surface area contributed by atoms with E-state index in [0.29, 0.717) is 0 Å². The van der Waals surface area contributed by atoms with Crippen molar-refractivity contribution in [3.8, 4) is 6.07 Å². The molecule has 4 nitrogen and oxygen atoms in total. The second kappa shape index (κ2) is 4.94. The van der Waals surface area contributed by atoms with Gasteiger partial charge in [0.05, 0.1) is 11.9 Å². The summed E-state index contributed by atoms with van der Waals surface area (Å²) in [6.07, 6.45) is 4.75. The zero-order valence-corrected chi connectivity index (χ0v) is 8.08. The molecule has 0 amide bonds. The summed E-state index contributed by atoms with van der Waals surface area (Å²) in [4.78, 5) is 3.97. The molecule has 1 heterocycles. The Morgan fingerprint density at radius 3 is 3.00 bits per heavy atom. The molecule has 14 heavy (non-hydrogen) atoms. The van der Waals surface area contributed by atoms with Crippen molar-refractivity contribution in [3.05, 3.63) is 36.3 Å². The maximum Gasteiger partial charge on any atom is 0.116 e. The van der Waals surface area contributed by atoms with Crippen LogP contribution in [0.5, 0.6) is 0 Å². The van der Waals surface area contributed by atoms with Crippen molar-refractivity contribution in [2.75, 3.05) is 5.32 Å². The zero-order valence-electron chi connectivity index (χ0n) is 7.27. The lowest BCUT2D eigenvalue weighted by atomic mass is 10.3. The van der Waals surface area contributed by atoms with Crippen molar-refractivity contribution < 1.29 is 0 Å². The molecule has 1 aromatic rings. The average Bonchev–Trinajstić information content (AvgIpc) is 2.20. The van der Waals surface area contributed by atoms with Crippen LogP contribution in [0.2, 0.25) is 0 Å². The second-order valence-electron chi connectivity index (χ2n) is 2.42. The van der Waals surface area contributed by atoms with Gasteiger partial charge in [0.1, 0.15) is 16.6 Å². The van der Waals surface area contributed by atoms with E-state index in [4.69, 9.17) is 11.0 Å². The van der Waals surface area contributed by atoms with E-state index in [1.165, 1.54) is 6.20 Å². The summed E-state index contributed by atoms with van der Waals surface area (Å²) in [6.45, 7) is 0. The number of nitriles is 1. The fraction of sp³-hybridized carbons (Fsp3) is 0. The molecule has 0 bridgehead atoms. The van der Waals surface area contributed by atoms with Gasteiger partial charge in [0.2, 0.25) is 0 Å². The van der Waals surface area contributed by atoms with Crippen LogP contribution in [0.1, 0.15) is 0 Å². The number of nitrogens with zero attached hydrogens (tertiary/aromatic N) is 2. The van der Waals surface area contributed by atoms with Crippen LogP contribution in [0, 0.1) is 11.3 Å². The number of hydrogen-bond donors (Lipinski definition) is 2. The molecule has 0 fully saturated rings. The van der Waals surface area contributed by atoms with Gasteiger partial charge in [-0.2, -0.15) is 5.26 Å². The Kier molecular flexibility index (Phi) is 3.58. The number of nitrogens with two attached hydrogens (primary N) is 1. The Balaban J connectivity index is 2.73. The van der Waals surface area contributed by atoms with Gasteiger partial charge >= 0.3 is 0 Å². The Labute approximate surface area is 87.1 Å². The molecule has 0 saturated carbocycles. The minimum absolute atomic E-state index is 0.0730. The first kappa shape index (κ1) is 10.2. The number of hydrogen-bond acceptors (Lipinski definition) is 4. The predicted molar refractivity (Wildman–Crippen MR) is 58.3 cm³/mol. The van der Waals surface area contributed by atoms with Gasteiger partial charge in [-0.15, -0.1) is 0 Å². The topological polar surface area (TPSA) is 74.7 Å². The zero-order chi connectivity index (χ0) is 10.4. The van der Waals surface area contributed by atoms with E-state index < -0.39 is 0 Å². The van der Waals surface area contributed by atoms with Gasteiger partial charge in [-0.1, -0.05) is 12.2 Å². The van der Waals surface area contributed by atoms with Gasteiger partial charge in [-0.25, -0.2) is 0 Å². The number of pyridine rings is 1. The van der Waals surface area contributed by atoms with Crippen LogP contribution in [-0.2, 0) is 0 Å². The van der Waals surface area contributed by atoms with Gasteiger partial charge in [0.15, 0.2) is 0 Å². The molecule has 0 atom stereocenters. The molecular weight excluding hydrogens is 196 g/mol. The summed E-state index contributed by atoms with van der Waals surface area (Å²) in [5.74, 6) is 0. The van der Waals surface area contributed by atoms with E-state index in [0.717, 1.165) is 5.69 Å². The highest BCUT2D eigenvalue weighted by molar-refractivity contribution is 7.80. The standard InChI is InChI=1S/C9H8N4S/c10-4-7(9(11)14)5-13-8-2-1-3-12-6-8/h1-3,5-6,13H,(H2,11,14)/b7-5-. The summed E-state index contributed by atoms with van der Waals surface area (Å²) in [7, 11) is 0. The van der Waals surface area contributed by atoms with Gasteiger partial charge in [-0.3, -0.25) is 4.98 Å². The summed E-state index contributed by atoms with van der Waals surface area (Å²) in [6, 6.07) is 5.48. The van der Waals surface area contributed by atoms with E-state index in [1.807, 2.05) is 12.1 Å². The molecule has 0 aliphatic carbocycles. The molecule has 3 N–H and O–H groups in total. The first-order valence-corrected chi connectivity index (χ1v) is 4.21. The van der Waals surface area contributed by atoms with E-state index >= 15 is 0 Å². The molecule has 5 heteroatoms. The van der Waals surface area contributed by atoms with Gasteiger partial charge in [0, 0.05) is 12.4 Å². The fourth-order valence-corrected chi connectivity index (χ4v) is 0.867. The van der Waals surface area contributed by atoms with Crippen molar-refractivity contribution in [3.63, 3.8) is 0 Å². The Morgan fingerprint density at radius 1 is 1.71 bits per heavy atom. The van der Waals surface area contributed by atoms with Crippen LogP contribution in [0.25, 0.3) is 0 Å². The van der Waals surface area contributed by atoms with Crippen molar-refractivity contribution in [1.82, 2.24) is 4.98 Å². The average molecular weight is 204 g/mol. The number of aromatic nitrogens is 1. The molecule has 0 aromatic carbocycles. The van der Waals surface area contributed by atoms with Gasteiger partial charge < -0.3 is 11.1 Å². The summed E-state index contributed by atoms with van der Waals surface area (Å²) >= 11 is 4.66. The Hall–Kier alpha value is -1.93. The third-order valence-corrected chi connectivity index (χ3v) is 1.65. The van der Waals surface area contributed by atoms with Crippen LogP contribution in [0.15, 0.2) is 36.3 Å². The van der Waals surface area contributed by atoms with E-state index in [9.17, 15) is 0 Å². The molecule has 0 spiro atoms. The highest BCUT2D eigenvalue weighted by atomic mass is 32.1. The number of rotatable bonds is 3. The summed E-state index contributed by atoms with van der Waals surface area (Å²) in [5, 5.41) is 11.5. The smallest absolute Gasteiger partial charge is 0.116 e. The second-order valence-corrected chi connectivity index (χ2v) is 2.86. The molecule has 1 rings (SSSR count). The minimum atomic E-state index is 0.0730.